The molecule has 1 aromatic rings. The SMILES string of the molecule is Oc1ccc2c(c1O)CC(CNC1CC1)OC2. The molecule has 1 aromatic carbocycles. The standard InChI is InChI=1S/C13H17NO3/c15-12-4-1-8-7-17-10(5-11(8)13(12)16)6-14-9-2-3-9/h1,4,9-10,14-16H,2-3,5-7H2. The third-order valence-electron chi connectivity index (χ3n) is 3.48. The summed E-state index contributed by atoms with van der Waals surface area (Å²) in [5.74, 6) is -0.0261. The minimum atomic E-state index is -0.0421. The maximum atomic E-state index is 9.82. The number of rotatable bonds is 3. The van der Waals surface area contributed by atoms with Crippen LogP contribution in [0.25, 0.3) is 0 Å². The Kier molecular flexibility index (Phi) is 2.68. The first-order valence-electron chi connectivity index (χ1n) is 6.11. The van der Waals surface area contributed by atoms with Crippen LogP contribution in [0.2, 0.25) is 0 Å². The van der Waals surface area contributed by atoms with Crippen molar-refractivity contribution in [2.45, 2.75) is 38.0 Å². The van der Waals surface area contributed by atoms with Crippen molar-refractivity contribution in [1.29, 1.82) is 0 Å². The average Bonchev–Trinajstić information content (AvgIpc) is 3.16. The second kappa shape index (κ2) is 4.20. The zero-order chi connectivity index (χ0) is 11.8. The maximum Gasteiger partial charge on any atom is 0.161 e. The van der Waals surface area contributed by atoms with Crippen molar-refractivity contribution in [3.8, 4) is 11.5 Å². The number of hydrogen-bond acceptors (Lipinski definition) is 4. The van der Waals surface area contributed by atoms with Crippen molar-refractivity contribution < 1.29 is 14.9 Å². The van der Waals surface area contributed by atoms with E-state index in [1.165, 1.54) is 18.9 Å². The molecule has 2 aliphatic rings. The van der Waals surface area contributed by atoms with Gasteiger partial charge in [0.1, 0.15) is 0 Å². The summed E-state index contributed by atoms with van der Waals surface area (Å²) in [5, 5.41) is 22.7. The van der Waals surface area contributed by atoms with Crippen molar-refractivity contribution >= 4 is 0 Å². The summed E-state index contributed by atoms with van der Waals surface area (Å²) in [7, 11) is 0. The quantitative estimate of drug-likeness (QED) is 0.691. The number of nitrogens with one attached hydrogen (secondary N) is 1. The van der Waals surface area contributed by atoms with Crippen molar-refractivity contribution in [3.05, 3.63) is 23.3 Å². The Morgan fingerprint density at radius 2 is 2.12 bits per heavy atom. The van der Waals surface area contributed by atoms with Crippen molar-refractivity contribution in [3.63, 3.8) is 0 Å². The summed E-state index contributed by atoms with van der Waals surface area (Å²) < 4.78 is 5.72. The van der Waals surface area contributed by atoms with E-state index in [1.807, 2.05) is 6.07 Å². The molecule has 0 bridgehead atoms. The minimum absolute atomic E-state index is 0.0159. The van der Waals surface area contributed by atoms with E-state index in [4.69, 9.17) is 4.74 Å². The Balaban J connectivity index is 1.71. The molecular formula is C13H17NO3. The third kappa shape index (κ3) is 2.23. The van der Waals surface area contributed by atoms with Crippen LogP contribution in [0.5, 0.6) is 11.5 Å². The largest absolute Gasteiger partial charge is 0.504 e. The molecule has 1 fully saturated rings. The molecule has 0 radical (unpaired) electrons. The van der Waals surface area contributed by atoms with Gasteiger partial charge in [0, 0.05) is 24.6 Å². The summed E-state index contributed by atoms with van der Waals surface area (Å²) >= 11 is 0. The fraction of sp³-hybridized carbons (Fsp3) is 0.538. The van der Waals surface area contributed by atoms with E-state index in [-0.39, 0.29) is 17.6 Å². The highest BCUT2D eigenvalue weighted by Crippen LogP contribution is 2.35. The van der Waals surface area contributed by atoms with Crippen molar-refractivity contribution in [2.75, 3.05) is 6.54 Å². The van der Waals surface area contributed by atoms with Crippen LogP contribution in [-0.4, -0.2) is 28.9 Å². The predicted octanol–water partition coefficient (Wildman–Crippen LogP) is 1.29. The van der Waals surface area contributed by atoms with Crippen LogP contribution >= 0.6 is 0 Å². The van der Waals surface area contributed by atoms with Crippen LogP contribution in [0.1, 0.15) is 24.0 Å². The Hall–Kier alpha value is -1.26. The summed E-state index contributed by atoms with van der Waals surface area (Å²) in [5.41, 5.74) is 1.81. The molecule has 4 heteroatoms. The van der Waals surface area contributed by atoms with E-state index >= 15 is 0 Å². The van der Waals surface area contributed by atoms with Gasteiger partial charge >= 0.3 is 0 Å². The Morgan fingerprint density at radius 3 is 2.88 bits per heavy atom. The second-order valence-electron chi connectivity index (χ2n) is 4.89. The van der Waals surface area contributed by atoms with E-state index in [9.17, 15) is 10.2 Å². The van der Waals surface area contributed by atoms with Crippen LogP contribution in [-0.2, 0) is 17.8 Å². The summed E-state index contributed by atoms with van der Waals surface area (Å²) in [4.78, 5) is 0. The lowest BCUT2D eigenvalue weighted by Crippen LogP contribution is -2.34. The number of hydrogen-bond donors (Lipinski definition) is 3. The number of benzene rings is 1. The first-order valence-corrected chi connectivity index (χ1v) is 6.11. The number of aromatic hydroxyl groups is 2. The molecule has 0 aromatic heterocycles. The highest BCUT2D eigenvalue weighted by molar-refractivity contribution is 5.49. The molecule has 1 aliphatic carbocycles. The van der Waals surface area contributed by atoms with Crippen LogP contribution in [0.15, 0.2) is 12.1 Å². The molecular weight excluding hydrogens is 218 g/mol. The number of ether oxygens (including phenoxy) is 1. The normalized spacial score (nSPS) is 23.4. The molecule has 17 heavy (non-hydrogen) atoms. The Bertz CT molecular complexity index is 429. The highest BCUT2D eigenvalue weighted by Gasteiger charge is 2.26. The fourth-order valence-corrected chi connectivity index (χ4v) is 2.24. The summed E-state index contributed by atoms with van der Waals surface area (Å²) in [6.07, 6.45) is 3.27. The van der Waals surface area contributed by atoms with Crippen LogP contribution in [0, 0.1) is 0 Å². The lowest BCUT2D eigenvalue weighted by Gasteiger charge is -2.26. The first kappa shape index (κ1) is 10.9. The first-order chi connectivity index (χ1) is 8.24. The van der Waals surface area contributed by atoms with Crippen molar-refractivity contribution in [1.82, 2.24) is 5.32 Å². The number of fused-ring (bicyclic) bond motifs is 1. The van der Waals surface area contributed by atoms with Gasteiger partial charge in [-0.05, 0) is 24.5 Å². The second-order valence-corrected chi connectivity index (χ2v) is 4.89. The molecule has 3 rings (SSSR count). The Labute approximate surface area is 100 Å². The third-order valence-corrected chi connectivity index (χ3v) is 3.48. The van der Waals surface area contributed by atoms with Gasteiger partial charge in [-0.2, -0.15) is 0 Å². The molecule has 1 heterocycles. The molecule has 1 aliphatic heterocycles. The molecule has 3 N–H and O–H groups in total. The molecule has 92 valence electrons. The van der Waals surface area contributed by atoms with E-state index in [0.29, 0.717) is 19.1 Å². The zero-order valence-corrected chi connectivity index (χ0v) is 9.65. The van der Waals surface area contributed by atoms with E-state index < -0.39 is 0 Å². The predicted molar refractivity (Wildman–Crippen MR) is 63.1 cm³/mol. The van der Waals surface area contributed by atoms with Gasteiger partial charge in [-0.15, -0.1) is 0 Å². The van der Waals surface area contributed by atoms with Gasteiger partial charge in [0.2, 0.25) is 0 Å². The lowest BCUT2D eigenvalue weighted by atomic mass is 9.97. The average molecular weight is 235 g/mol. The van der Waals surface area contributed by atoms with Gasteiger partial charge in [-0.3, -0.25) is 0 Å². The van der Waals surface area contributed by atoms with Gasteiger partial charge in [0.25, 0.3) is 0 Å². The molecule has 4 nitrogen and oxygen atoms in total. The minimum Gasteiger partial charge on any atom is -0.504 e. The van der Waals surface area contributed by atoms with Gasteiger partial charge in [0.15, 0.2) is 11.5 Å². The number of phenolic OH excluding ortho intramolecular Hbond substituents is 2. The highest BCUT2D eigenvalue weighted by atomic mass is 16.5. The van der Waals surface area contributed by atoms with E-state index in [0.717, 1.165) is 17.7 Å². The van der Waals surface area contributed by atoms with Gasteiger partial charge in [0.05, 0.1) is 12.7 Å². The monoisotopic (exact) mass is 235 g/mol. The topological polar surface area (TPSA) is 61.7 Å². The van der Waals surface area contributed by atoms with E-state index in [1.54, 1.807) is 0 Å². The smallest absolute Gasteiger partial charge is 0.161 e. The van der Waals surface area contributed by atoms with E-state index in [2.05, 4.69) is 5.32 Å². The zero-order valence-electron chi connectivity index (χ0n) is 9.65. The molecule has 0 amide bonds. The molecule has 1 saturated carbocycles. The van der Waals surface area contributed by atoms with Crippen LogP contribution in [0.3, 0.4) is 0 Å². The molecule has 0 spiro atoms. The van der Waals surface area contributed by atoms with Crippen LogP contribution in [0.4, 0.5) is 0 Å². The maximum absolute atomic E-state index is 9.82. The fourth-order valence-electron chi connectivity index (χ4n) is 2.24. The summed E-state index contributed by atoms with van der Waals surface area (Å²) in [6, 6.07) is 3.99. The molecule has 1 atom stereocenters. The molecule has 0 saturated heterocycles. The lowest BCUT2D eigenvalue weighted by molar-refractivity contribution is 0.0279. The summed E-state index contributed by atoms with van der Waals surface area (Å²) in [6.45, 7) is 1.33. The van der Waals surface area contributed by atoms with Gasteiger partial charge < -0.3 is 20.3 Å². The number of phenols is 2. The Morgan fingerprint density at radius 1 is 1.29 bits per heavy atom. The van der Waals surface area contributed by atoms with Crippen LogP contribution < -0.4 is 5.32 Å². The van der Waals surface area contributed by atoms with Gasteiger partial charge in [-0.1, -0.05) is 6.07 Å². The molecule has 1 unspecified atom stereocenters. The van der Waals surface area contributed by atoms with Crippen molar-refractivity contribution in [2.24, 2.45) is 0 Å². The van der Waals surface area contributed by atoms with Gasteiger partial charge in [-0.25, -0.2) is 0 Å².